The lowest BCUT2D eigenvalue weighted by Gasteiger charge is -2.53. The minimum Gasteiger partial charge on any atom is -0.458 e. The SMILES string of the molecule is CC(C)C12OC1C1OC13C1(OC1CC1C4=C(CC[C@]13C)C(=O)OC4)C2O. The van der Waals surface area contributed by atoms with Crippen LogP contribution >= 0.6 is 0 Å². The van der Waals surface area contributed by atoms with Gasteiger partial charge in [0.1, 0.15) is 36.1 Å². The van der Waals surface area contributed by atoms with Gasteiger partial charge in [0.25, 0.3) is 0 Å². The monoisotopic (exact) mass is 360 g/mol. The van der Waals surface area contributed by atoms with Crippen molar-refractivity contribution in [3.63, 3.8) is 0 Å². The van der Waals surface area contributed by atoms with Crippen LogP contribution in [0.4, 0.5) is 0 Å². The number of fused-ring (bicyclic) bond motifs is 4. The number of esters is 1. The van der Waals surface area contributed by atoms with E-state index in [4.69, 9.17) is 18.9 Å². The summed E-state index contributed by atoms with van der Waals surface area (Å²) in [6.45, 7) is 6.91. The largest absolute Gasteiger partial charge is 0.458 e. The fourth-order valence-electron chi connectivity index (χ4n) is 7.70. The molecule has 0 amide bonds. The molecular formula is C20H24O6. The quantitative estimate of drug-likeness (QED) is 0.557. The van der Waals surface area contributed by atoms with Gasteiger partial charge in [-0.05, 0) is 36.7 Å². The van der Waals surface area contributed by atoms with Crippen molar-refractivity contribution in [1.82, 2.24) is 0 Å². The van der Waals surface area contributed by atoms with Gasteiger partial charge < -0.3 is 24.1 Å². The van der Waals surface area contributed by atoms with Gasteiger partial charge >= 0.3 is 5.97 Å². The van der Waals surface area contributed by atoms with E-state index in [1.165, 1.54) is 0 Å². The van der Waals surface area contributed by atoms with E-state index in [2.05, 4.69) is 20.8 Å². The lowest BCUT2D eigenvalue weighted by atomic mass is 9.46. The van der Waals surface area contributed by atoms with Crippen LogP contribution in [0.3, 0.4) is 0 Å². The molecule has 0 aromatic heterocycles. The molecule has 5 fully saturated rings. The molecule has 0 radical (unpaired) electrons. The van der Waals surface area contributed by atoms with E-state index in [0.717, 1.165) is 30.4 Å². The van der Waals surface area contributed by atoms with Gasteiger partial charge in [-0.3, -0.25) is 0 Å². The fraction of sp³-hybridized carbons (Fsp3) is 0.850. The minimum absolute atomic E-state index is 0.00808. The number of ether oxygens (including phenoxy) is 4. The molecule has 140 valence electrons. The topological polar surface area (TPSA) is 84.1 Å². The first-order valence-corrected chi connectivity index (χ1v) is 9.95. The zero-order valence-corrected chi connectivity index (χ0v) is 15.3. The van der Waals surface area contributed by atoms with Crippen LogP contribution in [0.15, 0.2) is 11.1 Å². The summed E-state index contributed by atoms with van der Waals surface area (Å²) in [6.07, 6.45) is 1.71. The van der Waals surface area contributed by atoms with Gasteiger partial charge in [-0.1, -0.05) is 20.8 Å². The summed E-state index contributed by atoms with van der Waals surface area (Å²) in [6, 6.07) is 0. The second-order valence-corrected chi connectivity index (χ2v) is 9.91. The van der Waals surface area contributed by atoms with Crippen molar-refractivity contribution in [3.8, 4) is 0 Å². The summed E-state index contributed by atoms with van der Waals surface area (Å²) in [7, 11) is 0. The van der Waals surface area contributed by atoms with E-state index in [1.807, 2.05) is 0 Å². The number of aliphatic hydroxyl groups is 1. The highest BCUT2D eigenvalue weighted by molar-refractivity contribution is 5.92. The molecule has 1 N–H and O–H groups in total. The van der Waals surface area contributed by atoms with Crippen LogP contribution in [-0.4, -0.2) is 58.9 Å². The Balaban J connectivity index is 1.39. The molecule has 4 heterocycles. The number of cyclic esters (lactones) is 1. The summed E-state index contributed by atoms with van der Waals surface area (Å²) in [5.74, 6) is 0.297. The normalized spacial score (nSPS) is 63.1. The third kappa shape index (κ3) is 1.14. The van der Waals surface area contributed by atoms with Crippen LogP contribution in [0.5, 0.6) is 0 Å². The van der Waals surface area contributed by atoms with Crippen molar-refractivity contribution in [2.75, 3.05) is 6.61 Å². The van der Waals surface area contributed by atoms with Crippen molar-refractivity contribution in [2.24, 2.45) is 17.3 Å². The first-order valence-electron chi connectivity index (χ1n) is 9.95. The van der Waals surface area contributed by atoms with E-state index < -0.39 is 22.9 Å². The Hall–Kier alpha value is -0.950. The second-order valence-electron chi connectivity index (χ2n) is 9.91. The number of aliphatic hydroxyl groups excluding tert-OH is 1. The molecule has 26 heavy (non-hydrogen) atoms. The molecule has 3 saturated heterocycles. The van der Waals surface area contributed by atoms with Crippen molar-refractivity contribution < 1.29 is 28.8 Å². The van der Waals surface area contributed by atoms with Crippen molar-refractivity contribution in [3.05, 3.63) is 11.1 Å². The van der Waals surface area contributed by atoms with Gasteiger partial charge in [-0.25, -0.2) is 4.79 Å². The number of epoxide rings is 3. The van der Waals surface area contributed by atoms with E-state index in [1.54, 1.807) is 0 Å². The Bertz CT molecular complexity index is 819. The highest BCUT2D eigenvalue weighted by Gasteiger charge is 3.00. The summed E-state index contributed by atoms with van der Waals surface area (Å²) in [5, 5.41) is 11.4. The van der Waals surface area contributed by atoms with E-state index in [0.29, 0.717) is 6.61 Å². The molecule has 0 aromatic carbocycles. The Labute approximate surface area is 151 Å². The van der Waals surface area contributed by atoms with Crippen molar-refractivity contribution >= 4 is 5.97 Å². The molecule has 4 aliphatic heterocycles. The lowest BCUT2D eigenvalue weighted by molar-refractivity contribution is -0.136. The van der Waals surface area contributed by atoms with Crippen LogP contribution < -0.4 is 0 Å². The number of carbonyl (C=O) groups is 1. The summed E-state index contributed by atoms with van der Waals surface area (Å²) in [4.78, 5) is 12.1. The molecule has 3 aliphatic carbocycles. The molecule has 8 unspecified atom stereocenters. The summed E-state index contributed by atoms with van der Waals surface area (Å²) < 4.78 is 24.3. The average Bonchev–Trinajstić information content (AvgIpc) is 3.47. The van der Waals surface area contributed by atoms with Crippen LogP contribution in [0, 0.1) is 17.3 Å². The van der Waals surface area contributed by atoms with Gasteiger partial charge in [-0.15, -0.1) is 0 Å². The average molecular weight is 360 g/mol. The summed E-state index contributed by atoms with van der Waals surface area (Å²) >= 11 is 0. The van der Waals surface area contributed by atoms with Crippen LogP contribution in [-0.2, 0) is 23.7 Å². The van der Waals surface area contributed by atoms with Gasteiger partial charge in [0.2, 0.25) is 0 Å². The lowest BCUT2D eigenvalue weighted by Crippen LogP contribution is -2.69. The maximum absolute atomic E-state index is 12.1. The first-order chi connectivity index (χ1) is 12.3. The number of rotatable bonds is 1. The maximum atomic E-state index is 12.1. The van der Waals surface area contributed by atoms with E-state index >= 15 is 0 Å². The Morgan fingerprint density at radius 2 is 2.00 bits per heavy atom. The van der Waals surface area contributed by atoms with Gasteiger partial charge in [0.05, 0.1) is 6.10 Å². The van der Waals surface area contributed by atoms with E-state index in [-0.39, 0.29) is 41.5 Å². The highest BCUT2D eigenvalue weighted by Crippen LogP contribution is 2.82. The first kappa shape index (κ1) is 15.0. The van der Waals surface area contributed by atoms with Gasteiger partial charge in [0.15, 0.2) is 5.60 Å². The smallest absolute Gasteiger partial charge is 0.334 e. The molecule has 6 nitrogen and oxygen atoms in total. The maximum Gasteiger partial charge on any atom is 0.334 e. The Morgan fingerprint density at radius 3 is 2.77 bits per heavy atom. The predicted octanol–water partition coefficient (Wildman–Crippen LogP) is 1.10. The molecule has 7 rings (SSSR count). The van der Waals surface area contributed by atoms with Crippen molar-refractivity contribution in [1.29, 1.82) is 0 Å². The molecule has 2 spiro atoms. The van der Waals surface area contributed by atoms with Crippen molar-refractivity contribution in [2.45, 2.75) is 81.3 Å². The molecule has 7 aliphatic rings. The number of hydrogen-bond donors (Lipinski definition) is 1. The van der Waals surface area contributed by atoms with Gasteiger partial charge in [-0.2, -0.15) is 0 Å². The zero-order valence-electron chi connectivity index (χ0n) is 15.3. The predicted molar refractivity (Wildman–Crippen MR) is 87.1 cm³/mol. The van der Waals surface area contributed by atoms with Gasteiger partial charge in [0, 0.05) is 11.0 Å². The molecule has 2 saturated carbocycles. The third-order valence-electron chi connectivity index (χ3n) is 9.10. The Morgan fingerprint density at radius 1 is 1.19 bits per heavy atom. The molecule has 9 atom stereocenters. The molecule has 0 aromatic rings. The van der Waals surface area contributed by atoms with Crippen LogP contribution in [0.25, 0.3) is 0 Å². The zero-order chi connectivity index (χ0) is 17.9. The van der Waals surface area contributed by atoms with E-state index in [9.17, 15) is 9.90 Å². The number of carbonyl (C=O) groups excluding carboxylic acids is 1. The van der Waals surface area contributed by atoms with Crippen LogP contribution in [0.1, 0.15) is 40.0 Å². The summed E-state index contributed by atoms with van der Waals surface area (Å²) in [5.41, 5.74) is 0.230. The minimum atomic E-state index is -0.654. The Kier molecular flexibility index (Phi) is 2.19. The molecule has 0 bridgehead atoms. The number of hydrogen-bond acceptors (Lipinski definition) is 6. The molecule has 6 heteroatoms. The highest BCUT2D eigenvalue weighted by atomic mass is 16.7. The fourth-order valence-corrected chi connectivity index (χ4v) is 7.70. The second kappa shape index (κ2) is 3.79. The third-order valence-corrected chi connectivity index (χ3v) is 9.10. The molecular weight excluding hydrogens is 336 g/mol. The standard InChI is InChI=1S/C20H24O6/c1-8(2)18-13(25-18)14-20(26-14)17(3)5-4-9-10(7-23-15(9)21)11(17)6-12-19(20,24-12)16(18)22/h8,11-14,16,22H,4-7H2,1-3H3/t11?,12?,13?,14?,16?,17-,18?,19?,20?/m1/s1. The van der Waals surface area contributed by atoms with Crippen LogP contribution in [0.2, 0.25) is 0 Å².